The van der Waals surface area contributed by atoms with Gasteiger partial charge in [-0.25, -0.2) is 0 Å². The molecule has 4 aromatic carbocycles. The van der Waals surface area contributed by atoms with Crippen LogP contribution < -0.4 is 5.32 Å². The molecule has 1 nitrogen and oxygen atoms in total. The van der Waals surface area contributed by atoms with Crippen molar-refractivity contribution in [1.82, 2.24) is 0 Å². The van der Waals surface area contributed by atoms with Gasteiger partial charge in [-0.3, -0.25) is 0 Å². The number of anilines is 1. The van der Waals surface area contributed by atoms with E-state index >= 15 is 0 Å². The van der Waals surface area contributed by atoms with Gasteiger partial charge in [-0.1, -0.05) is 78.9 Å². The van der Waals surface area contributed by atoms with E-state index in [1.807, 2.05) is 0 Å². The largest absolute Gasteiger partial charge is 0.380 e. The Kier molecular flexibility index (Phi) is 2.92. The summed E-state index contributed by atoms with van der Waals surface area (Å²) in [6.45, 7) is 0.839. The minimum absolute atomic E-state index is 0.839. The maximum absolute atomic E-state index is 3.63. The summed E-state index contributed by atoms with van der Waals surface area (Å²) in [5, 5.41) is 6.24. The van der Waals surface area contributed by atoms with Crippen LogP contribution in [0.5, 0.6) is 0 Å². The molecule has 1 aliphatic heterocycles. The van der Waals surface area contributed by atoms with Crippen molar-refractivity contribution in [2.75, 3.05) is 5.32 Å². The van der Waals surface area contributed by atoms with E-state index in [1.54, 1.807) is 0 Å². The van der Waals surface area contributed by atoms with E-state index < -0.39 is 0 Å². The van der Waals surface area contributed by atoms with Crippen LogP contribution in [-0.4, -0.2) is 0 Å². The van der Waals surface area contributed by atoms with Gasteiger partial charge in [0.25, 0.3) is 0 Å². The van der Waals surface area contributed by atoms with Crippen LogP contribution in [-0.2, 0) is 6.54 Å². The van der Waals surface area contributed by atoms with Gasteiger partial charge in [-0.05, 0) is 39.1 Å². The van der Waals surface area contributed by atoms with E-state index in [4.69, 9.17) is 0 Å². The highest BCUT2D eigenvalue weighted by Gasteiger charge is 2.18. The Labute approximate surface area is 141 Å². The Hall–Kier alpha value is -3.06. The molecule has 1 heterocycles. The van der Waals surface area contributed by atoms with Crippen LogP contribution in [0.4, 0.5) is 5.69 Å². The fourth-order valence-electron chi connectivity index (χ4n) is 3.78. The van der Waals surface area contributed by atoms with Crippen LogP contribution in [0.25, 0.3) is 33.0 Å². The first-order valence-electron chi connectivity index (χ1n) is 8.35. The topological polar surface area (TPSA) is 12.0 Å². The Morgan fingerprint density at radius 2 is 1.29 bits per heavy atom. The van der Waals surface area contributed by atoms with Gasteiger partial charge < -0.3 is 5.32 Å². The SMILES string of the molecule is c1ccc2c(c1)NCc1ccc3ccccc3c1-c1ccccc1-2. The molecule has 1 heteroatoms. The molecule has 4 aromatic rings. The summed E-state index contributed by atoms with van der Waals surface area (Å²) in [6.07, 6.45) is 0. The summed E-state index contributed by atoms with van der Waals surface area (Å²) in [6, 6.07) is 30.5. The standard InChI is InChI=1S/C23H17N/c1-2-8-18-16(7-1)13-14-17-15-24-22-12-6-5-10-20(22)19-9-3-4-11-21(19)23(17)18/h1-14,24H,15H2. The Bertz CT molecular complexity index is 1060. The zero-order valence-corrected chi connectivity index (χ0v) is 13.3. The molecule has 0 atom stereocenters. The lowest BCUT2D eigenvalue weighted by Crippen LogP contribution is -2.06. The second kappa shape index (κ2) is 5.24. The molecule has 0 saturated carbocycles. The molecule has 0 unspecified atom stereocenters. The van der Waals surface area contributed by atoms with Crippen LogP contribution in [0, 0.1) is 0 Å². The molecule has 1 N–H and O–H groups in total. The molecule has 24 heavy (non-hydrogen) atoms. The second-order valence-corrected chi connectivity index (χ2v) is 6.27. The normalized spacial score (nSPS) is 12.3. The fraction of sp³-hybridized carbons (Fsp3) is 0.0435. The summed E-state index contributed by atoms with van der Waals surface area (Å²) in [5.74, 6) is 0. The van der Waals surface area contributed by atoms with Crippen LogP contribution >= 0.6 is 0 Å². The van der Waals surface area contributed by atoms with Crippen molar-refractivity contribution in [1.29, 1.82) is 0 Å². The summed E-state index contributed by atoms with van der Waals surface area (Å²) >= 11 is 0. The van der Waals surface area contributed by atoms with Crippen molar-refractivity contribution in [3.05, 3.63) is 90.5 Å². The molecule has 0 amide bonds. The summed E-state index contributed by atoms with van der Waals surface area (Å²) in [4.78, 5) is 0. The molecule has 0 radical (unpaired) electrons. The highest BCUT2D eigenvalue weighted by Crippen LogP contribution is 2.42. The lowest BCUT2D eigenvalue weighted by molar-refractivity contribution is 1.15. The molecule has 0 saturated heterocycles. The van der Waals surface area contributed by atoms with Crippen molar-refractivity contribution < 1.29 is 0 Å². The van der Waals surface area contributed by atoms with Gasteiger partial charge in [0.15, 0.2) is 0 Å². The van der Waals surface area contributed by atoms with Gasteiger partial charge in [-0.2, -0.15) is 0 Å². The number of fused-ring (bicyclic) bond motifs is 7. The van der Waals surface area contributed by atoms with Crippen molar-refractivity contribution in [3.63, 3.8) is 0 Å². The smallest absolute Gasteiger partial charge is 0.0422 e. The molecule has 0 fully saturated rings. The van der Waals surface area contributed by atoms with Crippen LogP contribution in [0.2, 0.25) is 0 Å². The number of hydrogen-bond acceptors (Lipinski definition) is 1. The zero-order valence-electron chi connectivity index (χ0n) is 13.3. The predicted octanol–water partition coefficient (Wildman–Crippen LogP) is 6.10. The van der Waals surface area contributed by atoms with Crippen molar-refractivity contribution in [2.45, 2.75) is 6.54 Å². The summed E-state index contributed by atoms with van der Waals surface area (Å²) in [5.41, 5.74) is 7.77. The van der Waals surface area contributed by atoms with Gasteiger partial charge in [0.2, 0.25) is 0 Å². The number of hydrogen-bond donors (Lipinski definition) is 1. The van der Waals surface area contributed by atoms with Gasteiger partial charge in [0.1, 0.15) is 0 Å². The van der Waals surface area contributed by atoms with E-state index in [0.717, 1.165) is 6.54 Å². The first kappa shape index (κ1) is 13.4. The average Bonchev–Trinajstić information content (AvgIpc) is 2.64. The van der Waals surface area contributed by atoms with Gasteiger partial charge >= 0.3 is 0 Å². The maximum Gasteiger partial charge on any atom is 0.0422 e. The summed E-state index contributed by atoms with van der Waals surface area (Å²) < 4.78 is 0. The van der Waals surface area contributed by atoms with Crippen LogP contribution in [0.1, 0.15) is 5.56 Å². The first-order chi connectivity index (χ1) is 11.9. The molecule has 0 aromatic heterocycles. The molecule has 0 spiro atoms. The van der Waals surface area contributed by atoms with Gasteiger partial charge in [0, 0.05) is 17.8 Å². The number of rotatable bonds is 0. The minimum Gasteiger partial charge on any atom is -0.380 e. The molecule has 5 rings (SSSR count). The second-order valence-electron chi connectivity index (χ2n) is 6.27. The molecular formula is C23H17N. The third-order valence-corrected chi connectivity index (χ3v) is 4.90. The van der Waals surface area contributed by atoms with Gasteiger partial charge in [-0.15, -0.1) is 0 Å². The number of nitrogens with one attached hydrogen (secondary N) is 1. The molecular weight excluding hydrogens is 290 g/mol. The lowest BCUT2D eigenvalue weighted by Gasteiger charge is -2.23. The quantitative estimate of drug-likeness (QED) is 0.414. The van der Waals surface area contributed by atoms with E-state index in [0.29, 0.717) is 0 Å². The third-order valence-electron chi connectivity index (χ3n) is 4.90. The fourth-order valence-corrected chi connectivity index (χ4v) is 3.78. The zero-order chi connectivity index (χ0) is 15.9. The molecule has 1 aliphatic rings. The van der Waals surface area contributed by atoms with E-state index in [1.165, 1.54) is 44.3 Å². The van der Waals surface area contributed by atoms with Crippen molar-refractivity contribution in [3.8, 4) is 22.3 Å². The van der Waals surface area contributed by atoms with Crippen molar-refractivity contribution in [2.24, 2.45) is 0 Å². The predicted molar refractivity (Wildman–Crippen MR) is 102 cm³/mol. The highest BCUT2D eigenvalue weighted by molar-refractivity contribution is 6.03. The molecule has 114 valence electrons. The third kappa shape index (κ3) is 1.95. The Balaban J connectivity index is 1.93. The number of para-hydroxylation sites is 1. The van der Waals surface area contributed by atoms with Gasteiger partial charge in [0.05, 0.1) is 0 Å². The van der Waals surface area contributed by atoms with E-state index in [-0.39, 0.29) is 0 Å². The lowest BCUT2D eigenvalue weighted by atomic mass is 9.86. The van der Waals surface area contributed by atoms with Crippen LogP contribution in [0.3, 0.4) is 0 Å². The first-order valence-corrected chi connectivity index (χ1v) is 8.35. The average molecular weight is 307 g/mol. The highest BCUT2D eigenvalue weighted by atomic mass is 14.9. The van der Waals surface area contributed by atoms with E-state index in [9.17, 15) is 0 Å². The van der Waals surface area contributed by atoms with Crippen LogP contribution in [0.15, 0.2) is 84.9 Å². The maximum atomic E-state index is 3.63. The molecule has 0 aliphatic carbocycles. The summed E-state index contributed by atoms with van der Waals surface area (Å²) in [7, 11) is 0. The number of benzene rings is 4. The minimum atomic E-state index is 0.839. The monoisotopic (exact) mass is 307 g/mol. The molecule has 0 bridgehead atoms. The van der Waals surface area contributed by atoms with Crippen molar-refractivity contribution >= 4 is 16.5 Å². The Morgan fingerprint density at radius 3 is 2.21 bits per heavy atom. The Morgan fingerprint density at radius 1 is 0.583 bits per heavy atom. The van der Waals surface area contributed by atoms with E-state index in [2.05, 4.69) is 90.2 Å².